The zero-order valence-electron chi connectivity index (χ0n) is 16.4. The molecule has 0 spiro atoms. The summed E-state index contributed by atoms with van der Waals surface area (Å²) in [5.74, 6) is -0.183. The molecule has 0 bridgehead atoms. The number of amides is 1. The van der Waals surface area contributed by atoms with E-state index in [0.717, 1.165) is 22.9 Å². The Hall–Kier alpha value is -3.52. The fourth-order valence-electron chi connectivity index (χ4n) is 2.86. The van der Waals surface area contributed by atoms with Crippen molar-refractivity contribution in [3.63, 3.8) is 0 Å². The molecule has 0 fully saturated rings. The molecule has 0 saturated heterocycles. The zero-order valence-corrected chi connectivity index (χ0v) is 18.0. The number of carbonyl (C=O) groups is 1. The standard InChI is InChI=1S/C23H18ClN5OS/c24-19-8-6-15(7-9-19)10-11-28-22(30)20(16-4-2-1-3-5-16)31-23-18(14-26)12-17(13-25)21(27)29-23/h1-9,12,20H,10-11H2,(H2,27,29)(H,28,30)/t20-/m1/s1. The van der Waals surface area contributed by atoms with Crippen molar-refractivity contribution in [1.29, 1.82) is 10.5 Å². The van der Waals surface area contributed by atoms with Crippen molar-refractivity contribution in [1.82, 2.24) is 10.3 Å². The summed E-state index contributed by atoms with van der Waals surface area (Å²) in [6.45, 7) is 0.443. The molecule has 0 radical (unpaired) electrons. The quantitative estimate of drug-likeness (QED) is 0.523. The number of nitrogens with two attached hydrogens (primary N) is 1. The fraction of sp³-hybridized carbons (Fsp3) is 0.130. The summed E-state index contributed by atoms with van der Waals surface area (Å²) < 4.78 is 0. The molecule has 6 nitrogen and oxygen atoms in total. The number of anilines is 1. The number of nitrogens with zero attached hydrogens (tertiary/aromatic N) is 3. The second-order valence-corrected chi connectivity index (χ2v) is 8.10. The number of rotatable bonds is 7. The number of benzene rings is 2. The molecule has 154 valence electrons. The van der Waals surface area contributed by atoms with Crippen LogP contribution >= 0.6 is 23.4 Å². The maximum Gasteiger partial charge on any atom is 0.238 e. The molecule has 8 heteroatoms. The van der Waals surface area contributed by atoms with E-state index in [0.29, 0.717) is 23.0 Å². The topological polar surface area (TPSA) is 116 Å². The van der Waals surface area contributed by atoms with Gasteiger partial charge in [0, 0.05) is 11.6 Å². The van der Waals surface area contributed by atoms with Crippen molar-refractivity contribution in [2.24, 2.45) is 0 Å². The molecule has 0 saturated carbocycles. The number of nitrogen functional groups attached to an aromatic ring is 1. The van der Waals surface area contributed by atoms with Gasteiger partial charge < -0.3 is 11.1 Å². The average Bonchev–Trinajstić information content (AvgIpc) is 2.79. The molecular weight excluding hydrogens is 430 g/mol. The Bertz CT molecular complexity index is 1150. The van der Waals surface area contributed by atoms with Crippen LogP contribution in [0.4, 0.5) is 5.82 Å². The third kappa shape index (κ3) is 5.76. The van der Waals surface area contributed by atoms with E-state index in [2.05, 4.69) is 10.3 Å². The van der Waals surface area contributed by atoms with E-state index in [9.17, 15) is 10.1 Å². The highest BCUT2D eigenvalue weighted by molar-refractivity contribution is 8.00. The van der Waals surface area contributed by atoms with E-state index in [1.165, 1.54) is 6.07 Å². The first-order valence-electron chi connectivity index (χ1n) is 9.36. The normalized spacial score (nSPS) is 11.2. The van der Waals surface area contributed by atoms with Crippen molar-refractivity contribution < 1.29 is 4.79 Å². The van der Waals surface area contributed by atoms with E-state index in [-0.39, 0.29) is 22.9 Å². The third-order valence-corrected chi connectivity index (χ3v) is 5.96. The lowest BCUT2D eigenvalue weighted by Crippen LogP contribution is -2.30. The van der Waals surface area contributed by atoms with Gasteiger partial charge in [-0.2, -0.15) is 10.5 Å². The van der Waals surface area contributed by atoms with Crippen LogP contribution in [0.15, 0.2) is 65.7 Å². The number of nitrogens with one attached hydrogen (secondary N) is 1. The molecule has 3 rings (SSSR count). The van der Waals surface area contributed by atoms with E-state index in [1.807, 2.05) is 66.7 Å². The van der Waals surface area contributed by atoms with Crippen LogP contribution in [0.2, 0.25) is 5.02 Å². The van der Waals surface area contributed by atoms with Gasteiger partial charge in [0.2, 0.25) is 5.91 Å². The van der Waals surface area contributed by atoms with Crippen molar-refractivity contribution in [3.8, 4) is 12.1 Å². The fourth-order valence-corrected chi connectivity index (χ4v) is 4.07. The third-order valence-electron chi connectivity index (χ3n) is 4.45. The molecule has 3 N–H and O–H groups in total. The van der Waals surface area contributed by atoms with Gasteiger partial charge >= 0.3 is 0 Å². The van der Waals surface area contributed by atoms with Crippen LogP contribution in [0.3, 0.4) is 0 Å². The summed E-state index contributed by atoms with van der Waals surface area (Å²) >= 11 is 7.04. The number of aromatic nitrogens is 1. The van der Waals surface area contributed by atoms with E-state index >= 15 is 0 Å². The van der Waals surface area contributed by atoms with Gasteiger partial charge in [-0.3, -0.25) is 4.79 Å². The number of nitriles is 2. The van der Waals surface area contributed by atoms with E-state index < -0.39 is 5.25 Å². The highest BCUT2D eigenvalue weighted by Crippen LogP contribution is 2.37. The summed E-state index contributed by atoms with van der Waals surface area (Å²) in [6.07, 6.45) is 0.653. The number of hydrogen-bond acceptors (Lipinski definition) is 6. The average molecular weight is 448 g/mol. The molecule has 0 aliphatic carbocycles. The van der Waals surface area contributed by atoms with Crippen molar-refractivity contribution >= 4 is 35.1 Å². The monoisotopic (exact) mass is 447 g/mol. The zero-order chi connectivity index (χ0) is 22.2. The van der Waals surface area contributed by atoms with E-state index in [4.69, 9.17) is 22.6 Å². The van der Waals surface area contributed by atoms with Gasteiger partial charge in [0.1, 0.15) is 28.2 Å². The lowest BCUT2D eigenvalue weighted by Gasteiger charge is -2.17. The Balaban J connectivity index is 1.80. The Kier molecular flexibility index (Phi) is 7.50. The Morgan fingerprint density at radius 2 is 1.77 bits per heavy atom. The summed E-state index contributed by atoms with van der Waals surface area (Å²) in [6, 6.07) is 22.0. The molecule has 0 unspecified atom stereocenters. The predicted molar refractivity (Wildman–Crippen MR) is 121 cm³/mol. The highest BCUT2D eigenvalue weighted by atomic mass is 35.5. The Morgan fingerprint density at radius 3 is 2.42 bits per heavy atom. The summed E-state index contributed by atoms with van der Waals surface area (Å²) in [7, 11) is 0. The highest BCUT2D eigenvalue weighted by Gasteiger charge is 2.24. The molecular formula is C23H18ClN5OS. The van der Waals surface area contributed by atoms with Crippen LogP contribution in [-0.2, 0) is 11.2 Å². The van der Waals surface area contributed by atoms with Crippen LogP contribution in [0.25, 0.3) is 0 Å². The minimum absolute atomic E-state index is 0.0268. The lowest BCUT2D eigenvalue weighted by atomic mass is 10.1. The first kappa shape index (κ1) is 22.2. The molecule has 2 aromatic carbocycles. The minimum Gasteiger partial charge on any atom is -0.383 e. The molecule has 0 aliphatic heterocycles. The van der Waals surface area contributed by atoms with Gasteiger partial charge in [0.25, 0.3) is 0 Å². The van der Waals surface area contributed by atoms with Gasteiger partial charge in [-0.1, -0.05) is 65.8 Å². The van der Waals surface area contributed by atoms with Crippen molar-refractivity contribution in [2.75, 3.05) is 12.3 Å². The van der Waals surface area contributed by atoms with Gasteiger partial charge in [-0.15, -0.1) is 0 Å². The van der Waals surface area contributed by atoms with Gasteiger partial charge in [-0.25, -0.2) is 4.98 Å². The Labute approximate surface area is 189 Å². The van der Waals surface area contributed by atoms with Crippen LogP contribution in [0.5, 0.6) is 0 Å². The molecule has 1 amide bonds. The van der Waals surface area contributed by atoms with Gasteiger partial charge in [0.15, 0.2) is 0 Å². The second kappa shape index (κ2) is 10.5. The number of thioether (sulfide) groups is 1. The molecule has 0 aliphatic rings. The largest absolute Gasteiger partial charge is 0.383 e. The van der Waals surface area contributed by atoms with Crippen molar-refractivity contribution in [3.05, 3.63) is 87.9 Å². The number of carbonyl (C=O) groups excluding carboxylic acids is 1. The lowest BCUT2D eigenvalue weighted by molar-refractivity contribution is -0.120. The number of pyridine rings is 1. The van der Waals surface area contributed by atoms with Crippen molar-refractivity contribution in [2.45, 2.75) is 16.7 Å². The SMILES string of the molecule is N#Cc1cc(C#N)c(S[C@@H](C(=O)NCCc2ccc(Cl)cc2)c2ccccc2)nc1N. The first-order chi connectivity index (χ1) is 15.0. The first-order valence-corrected chi connectivity index (χ1v) is 10.6. The minimum atomic E-state index is -0.640. The molecule has 1 atom stereocenters. The second-order valence-electron chi connectivity index (χ2n) is 6.57. The smallest absolute Gasteiger partial charge is 0.238 e. The van der Waals surface area contributed by atoms with E-state index in [1.54, 1.807) is 0 Å². The predicted octanol–water partition coefficient (Wildman–Crippen LogP) is 4.25. The van der Waals surface area contributed by atoms with Gasteiger partial charge in [0.05, 0.1) is 11.1 Å². The van der Waals surface area contributed by atoms with Crippen LogP contribution < -0.4 is 11.1 Å². The van der Waals surface area contributed by atoms with Crippen LogP contribution in [0, 0.1) is 22.7 Å². The summed E-state index contributed by atoms with van der Waals surface area (Å²) in [5.41, 5.74) is 7.99. The maximum absolute atomic E-state index is 13.1. The maximum atomic E-state index is 13.1. The molecule has 1 heterocycles. The molecule has 3 aromatic rings. The van der Waals surface area contributed by atoms with Crippen LogP contribution in [-0.4, -0.2) is 17.4 Å². The number of hydrogen-bond donors (Lipinski definition) is 2. The summed E-state index contributed by atoms with van der Waals surface area (Å²) in [4.78, 5) is 17.3. The Morgan fingerprint density at radius 1 is 1.10 bits per heavy atom. The summed E-state index contributed by atoms with van der Waals surface area (Å²) in [5, 5.41) is 21.9. The molecule has 1 aromatic heterocycles. The molecule has 31 heavy (non-hydrogen) atoms. The van der Waals surface area contributed by atoms with Crippen LogP contribution in [0.1, 0.15) is 27.5 Å². The number of halogens is 1. The van der Waals surface area contributed by atoms with Gasteiger partial charge in [-0.05, 0) is 35.7 Å².